The Morgan fingerprint density at radius 2 is 1.57 bits per heavy atom. The Balaban J connectivity index is 2.52. The molecule has 4 atom stereocenters. The number of phenolic OH excluding ortho intramolecular Hbond substituents is 1. The van der Waals surface area contributed by atoms with Gasteiger partial charge in [-0.2, -0.15) is 0 Å². The molecule has 0 heterocycles. The second-order valence-corrected chi connectivity index (χ2v) is 11.2. The van der Waals surface area contributed by atoms with Crippen LogP contribution >= 0.6 is 0 Å². The van der Waals surface area contributed by atoms with E-state index in [-0.39, 0.29) is 49.5 Å². The molecule has 0 saturated carbocycles. The Kier molecular flexibility index (Phi) is 11.3. The monoisotopic (exact) mass is 645 g/mol. The summed E-state index contributed by atoms with van der Waals surface area (Å²) in [5, 5.41) is 12.5. The molecule has 12 N–H and O–H groups in total. The van der Waals surface area contributed by atoms with Gasteiger partial charge >= 0.3 is 0 Å². The SMILES string of the molecule is [2H]c1c([2H])c([2H])c(C[C@H](CC(=O)[C@]([2H])(CCCC([2H])([2H])N)NC(=O)[C@@H](CC(=O)[C@H](N)CCCN=C(N)N)Cc2c(C)cc(O)cc2C)C(N)=O)c([2H])c1[2H]. The fourth-order valence-electron chi connectivity index (χ4n) is 5.01. The first-order valence-corrected chi connectivity index (χ1v) is 15.0. The molecule has 2 aromatic rings. The number of phenols is 1. The molecule has 0 aliphatic carbocycles. The summed E-state index contributed by atoms with van der Waals surface area (Å²) >= 11 is 0. The maximum Gasteiger partial charge on any atom is 0.224 e. The van der Waals surface area contributed by atoms with Crippen LogP contribution in [0.1, 0.15) is 78.2 Å². The van der Waals surface area contributed by atoms with E-state index in [4.69, 9.17) is 38.3 Å². The number of Topliss-reactive ketones (excluding diaryl/α,β-unsaturated/α-hetero) is 2. The fraction of sp³-hybridized carbons (Fsp3) is 0.500. The third-order valence-electron chi connectivity index (χ3n) is 7.53. The van der Waals surface area contributed by atoms with Gasteiger partial charge in [-0.1, -0.05) is 30.2 Å². The number of benzene rings is 2. The van der Waals surface area contributed by atoms with Crippen LogP contribution in [-0.2, 0) is 32.0 Å². The van der Waals surface area contributed by atoms with Crippen molar-refractivity contribution in [3.8, 4) is 5.75 Å². The Hall–Kier alpha value is -4.29. The van der Waals surface area contributed by atoms with Gasteiger partial charge in [-0.3, -0.25) is 24.2 Å². The Morgan fingerprint density at radius 1 is 0.935 bits per heavy atom. The van der Waals surface area contributed by atoms with Crippen LogP contribution in [0.5, 0.6) is 5.75 Å². The lowest BCUT2D eigenvalue weighted by Crippen LogP contribution is -2.46. The zero-order valence-electron chi connectivity index (χ0n) is 34.4. The van der Waals surface area contributed by atoms with Crippen molar-refractivity contribution in [2.45, 2.75) is 83.7 Å². The number of hydrogen-bond donors (Lipinski definition) is 7. The minimum Gasteiger partial charge on any atom is -0.508 e. The smallest absolute Gasteiger partial charge is 0.224 e. The molecule has 0 radical (unpaired) electrons. The van der Waals surface area contributed by atoms with Gasteiger partial charge in [-0.25, -0.2) is 0 Å². The number of amides is 2. The fourth-order valence-corrected chi connectivity index (χ4v) is 5.01. The maximum atomic E-state index is 14.1. The molecule has 0 bridgehead atoms. The van der Waals surface area contributed by atoms with Crippen molar-refractivity contribution >= 4 is 29.3 Å². The number of aliphatic imine (C=N–C) groups is 1. The van der Waals surface area contributed by atoms with Gasteiger partial charge in [0.05, 0.1) is 20.3 Å². The molecule has 0 unspecified atom stereocenters. The number of rotatable bonds is 21. The maximum absolute atomic E-state index is 14.1. The van der Waals surface area contributed by atoms with Gasteiger partial charge in [0.15, 0.2) is 11.7 Å². The lowest BCUT2D eigenvalue weighted by molar-refractivity contribution is -0.133. The van der Waals surface area contributed by atoms with E-state index in [0.717, 1.165) is 0 Å². The van der Waals surface area contributed by atoms with E-state index in [9.17, 15) is 25.7 Å². The van der Waals surface area contributed by atoms with Crippen molar-refractivity contribution in [3.63, 3.8) is 0 Å². The van der Waals surface area contributed by atoms with Crippen LogP contribution in [0.15, 0.2) is 47.3 Å². The van der Waals surface area contributed by atoms with Gasteiger partial charge in [0, 0.05) is 34.0 Å². The molecule has 2 amide bonds. The van der Waals surface area contributed by atoms with Crippen LogP contribution in [-0.4, -0.2) is 59.5 Å². The predicted molar refractivity (Wildman–Crippen MR) is 180 cm³/mol. The number of nitrogens with zero attached hydrogens (tertiary/aromatic N) is 1. The summed E-state index contributed by atoms with van der Waals surface area (Å²) in [5.41, 5.74) is 29.5. The highest BCUT2D eigenvalue weighted by Crippen LogP contribution is 2.26. The molecular formula is C34H51N7O5. The molecule has 12 nitrogen and oxygen atoms in total. The predicted octanol–water partition coefficient (Wildman–Crippen LogP) is 1.43. The Bertz CT molecular complexity index is 1700. The minimum atomic E-state index is -2.52. The van der Waals surface area contributed by atoms with E-state index in [2.05, 4.69) is 10.3 Å². The minimum absolute atomic E-state index is 0.0169. The summed E-state index contributed by atoms with van der Waals surface area (Å²) in [7, 11) is 0. The second kappa shape index (κ2) is 19.3. The number of aromatic hydroxyl groups is 1. The lowest BCUT2D eigenvalue weighted by Gasteiger charge is -2.25. The van der Waals surface area contributed by atoms with E-state index >= 15 is 0 Å². The Labute approximate surface area is 282 Å². The summed E-state index contributed by atoms with van der Waals surface area (Å²) in [5.74, 6) is -6.32. The summed E-state index contributed by atoms with van der Waals surface area (Å²) in [6, 6.07) is -3.75. The number of nitrogens with two attached hydrogens (primary N) is 5. The average molecular weight is 646 g/mol. The molecule has 2 aromatic carbocycles. The standard InChI is InChI=1S/C34H51N7O5/c1-21-15-26(42)16-22(2)27(21)18-25(20-30(43)28(36)11-8-14-40-34(38)39)33(46)41-29(12-6-7-13-35)31(44)19-24(32(37)45)17-23-9-4-3-5-10-23/h3-5,9-10,15-16,24-25,28-29,42H,6-8,11-14,17-20,35-36H2,1-2H3,(H2,37,45)(H,41,46)(H4,38,39,40)/t24-,25-,28-,29+/m1/s1/i3D,4D,5D,9D,10D,13D2,29D. The van der Waals surface area contributed by atoms with Gasteiger partial charge in [0.2, 0.25) is 11.8 Å². The van der Waals surface area contributed by atoms with Crippen molar-refractivity contribution in [1.82, 2.24) is 5.32 Å². The summed E-state index contributed by atoms with van der Waals surface area (Å²) in [6.45, 7) is 1.43. The number of carbonyl (C=O) groups excluding carboxylic acids is 4. The highest BCUT2D eigenvalue weighted by molar-refractivity contribution is 5.94. The van der Waals surface area contributed by atoms with Crippen LogP contribution < -0.4 is 34.0 Å². The zero-order chi connectivity index (χ0) is 41.3. The van der Waals surface area contributed by atoms with Crippen LogP contribution in [0.3, 0.4) is 0 Å². The number of hydrogen-bond acceptors (Lipinski definition) is 8. The number of carbonyl (C=O) groups is 4. The molecule has 2 rings (SSSR count). The molecule has 12 heteroatoms. The van der Waals surface area contributed by atoms with E-state index < -0.39 is 110 Å². The highest BCUT2D eigenvalue weighted by atomic mass is 16.3. The van der Waals surface area contributed by atoms with Crippen molar-refractivity contribution < 1.29 is 35.3 Å². The first-order chi connectivity index (χ1) is 24.9. The molecule has 46 heavy (non-hydrogen) atoms. The van der Waals surface area contributed by atoms with Crippen molar-refractivity contribution in [2.75, 3.05) is 13.0 Å². The molecule has 0 aromatic heterocycles. The summed E-state index contributed by atoms with van der Waals surface area (Å²) in [4.78, 5) is 58.0. The third kappa shape index (κ3) is 13.0. The number of ketones is 2. The van der Waals surface area contributed by atoms with E-state index in [1.807, 2.05) is 0 Å². The number of primary amides is 1. The molecule has 0 fully saturated rings. The largest absolute Gasteiger partial charge is 0.508 e. The molecule has 0 saturated heterocycles. The van der Waals surface area contributed by atoms with E-state index in [0.29, 0.717) is 23.1 Å². The van der Waals surface area contributed by atoms with Crippen LogP contribution in [0.4, 0.5) is 0 Å². The van der Waals surface area contributed by atoms with E-state index in [1.165, 1.54) is 12.1 Å². The average Bonchev–Trinajstić information content (AvgIpc) is 3.05. The topological polar surface area (TPSA) is 243 Å². The van der Waals surface area contributed by atoms with Crippen LogP contribution in [0, 0.1) is 25.7 Å². The first-order valence-electron chi connectivity index (χ1n) is 19.0. The van der Waals surface area contributed by atoms with Gasteiger partial charge in [-0.05, 0) is 99.7 Å². The van der Waals surface area contributed by atoms with Crippen LogP contribution in [0.2, 0.25) is 0 Å². The van der Waals surface area contributed by atoms with Crippen molar-refractivity contribution in [3.05, 3.63) is 64.6 Å². The summed E-state index contributed by atoms with van der Waals surface area (Å²) < 4.78 is 64.8. The quantitative estimate of drug-likeness (QED) is 0.0589. The number of aryl methyl sites for hydroxylation is 2. The highest BCUT2D eigenvalue weighted by Gasteiger charge is 2.31. The first kappa shape index (κ1) is 26.9. The number of nitrogens with one attached hydrogen (secondary N) is 1. The molecular weight excluding hydrogens is 586 g/mol. The van der Waals surface area contributed by atoms with E-state index in [1.54, 1.807) is 13.8 Å². The normalized spacial score (nSPS) is 17.1. The molecule has 252 valence electrons. The van der Waals surface area contributed by atoms with Gasteiger partial charge in [0.1, 0.15) is 11.5 Å². The number of guanidine groups is 1. The van der Waals surface area contributed by atoms with Gasteiger partial charge in [-0.15, -0.1) is 0 Å². The summed E-state index contributed by atoms with van der Waals surface area (Å²) in [6.07, 6.45) is -2.25. The second-order valence-electron chi connectivity index (χ2n) is 11.2. The molecule has 0 spiro atoms. The molecule has 0 aliphatic heterocycles. The Morgan fingerprint density at radius 3 is 2.15 bits per heavy atom. The van der Waals surface area contributed by atoms with Crippen molar-refractivity contribution in [1.29, 1.82) is 0 Å². The van der Waals surface area contributed by atoms with Gasteiger partial charge < -0.3 is 39.1 Å². The lowest BCUT2D eigenvalue weighted by atomic mass is 9.86. The van der Waals surface area contributed by atoms with Gasteiger partial charge in [0.25, 0.3) is 0 Å². The third-order valence-corrected chi connectivity index (χ3v) is 7.53. The van der Waals surface area contributed by atoms with Crippen molar-refractivity contribution in [2.24, 2.45) is 45.5 Å². The molecule has 0 aliphatic rings. The zero-order valence-corrected chi connectivity index (χ0v) is 26.4. The van der Waals surface area contributed by atoms with Crippen LogP contribution in [0.25, 0.3) is 0 Å².